The molecule has 0 bridgehead atoms. The molecule has 138 valence electrons. The molecule has 10 nitrogen and oxygen atoms in total. The number of carboxylic acid groups (broad SMARTS) is 1. The molecule has 0 saturated carbocycles. The van der Waals surface area contributed by atoms with Gasteiger partial charge in [-0.15, -0.1) is 0 Å². The van der Waals surface area contributed by atoms with Gasteiger partial charge in [0.15, 0.2) is 0 Å². The Morgan fingerprint density at radius 3 is 1.92 bits per heavy atom. The van der Waals surface area contributed by atoms with E-state index in [2.05, 4.69) is 16.0 Å². The molecule has 0 aromatic carbocycles. The number of nitrogens with one attached hydrogen (secondary N) is 3. The van der Waals surface area contributed by atoms with Gasteiger partial charge in [0.05, 0.1) is 6.10 Å². The second-order valence-corrected chi connectivity index (χ2v) is 5.84. The van der Waals surface area contributed by atoms with E-state index in [9.17, 15) is 24.3 Å². The van der Waals surface area contributed by atoms with E-state index >= 15 is 0 Å². The third-order valence-electron chi connectivity index (χ3n) is 3.24. The molecule has 24 heavy (non-hydrogen) atoms. The van der Waals surface area contributed by atoms with Crippen LogP contribution in [0.15, 0.2) is 0 Å². The van der Waals surface area contributed by atoms with Gasteiger partial charge in [0.1, 0.15) is 24.7 Å². The molecular formula is C14H26N4O6. The Morgan fingerprint density at radius 1 is 0.958 bits per heavy atom. The molecule has 7 N–H and O–H groups in total. The van der Waals surface area contributed by atoms with Crippen LogP contribution in [0.4, 0.5) is 0 Å². The van der Waals surface area contributed by atoms with E-state index < -0.39 is 54.5 Å². The van der Waals surface area contributed by atoms with Crippen LogP contribution in [-0.4, -0.2) is 64.7 Å². The van der Waals surface area contributed by atoms with Crippen LogP contribution >= 0.6 is 0 Å². The van der Waals surface area contributed by atoms with E-state index in [1.54, 1.807) is 13.8 Å². The quantitative estimate of drug-likeness (QED) is 0.269. The minimum absolute atomic E-state index is 0.301. The third-order valence-corrected chi connectivity index (χ3v) is 3.24. The molecule has 0 heterocycles. The number of nitrogens with two attached hydrogens (primary N) is 1. The van der Waals surface area contributed by atoms with Crippen LogP contribution in [-0.2, 0) is 19.2 Å². The fraction of sp³-hybridized carbons (Fsp3) is 0.714. The van der Waals surface area contributed by atoms with E-state index in [4.69, 9.17) is 10.8 Å². The summed E-state index contributed by atoms with van der Waals surface area (Å²) < 4.78 is 0. The monoisotopic (exact) mass is 346 g/mol. The number of hydrogen-bond donors (Lipinski definition) is 6. The van der Waals surface area contributed by atoms with E-state index in [0.717, 1.165) is 0 Å². The largest absolute Gasteiger partial charge is 0.480 e. The first-order valence-corrected chi connectivity index (χ1v) is 7.51. The van der Waals surface area contributed by atoms with Crippen LogP contribution in [0.3, 0.4) is 0 Å². The maximum atomic E-state index is 12.2. The summed E-state index contributed by atoms with van der Waals surface area (Å²) in [6.07, 6.45) is -1.08. The number of carboxylic acids is 1. The molecule has 4 atom stereocenters. The van der Waals surface area contributed by atoms with E-state index in [1.165, 1.54) is 13.8 Å². The molecule has 0 aromatic rings. The standard InChI is InChI=1S/C14H26N4O6/c1-6(2)11(18-13(23)10(15)8(4)19)14(24)17-7(3)12(22)16-5-9(20)21/h6-8,10-11,19H,5,15H2,1-4H3,(H,16,22)(H,17,24)(H,18,23)(H,20,21). The van der Waals surface area contributed by atoms with Crippen molar-refractivity contribution in [2.24, 2.45) is 11.7 Å². The molecule has 0 radical (unpaired) electrons. The smallest absolute Gasteiger partial charge is 0.322 e. The Labute approximate surface area is 140 Å². The Morgan fingerprint density at radius 2 is 1.50 bits per heavy atom. The lowest BCUT2D eigenvalue weighted by Crippen LogP contribution is -2.58. The third kappa shape index (κ3) is 7.38. The molecule has 0 aromatic heterocycles. The molecule has 0 fully saturated rings. The van der Waals surface area contributed by atoms with Crippen molar-refractivity contribution < 1.29 is 29.4 Å². The lowest BCUT2D eigenvalue weighted by molar-refractivity contribution is -0.138. The summed E-state index contributed by atoms with van der Waals surface area (Å²) >= 11 is 0. The Bertz CT molecular complexity index is 480. The van der Waals surface area contributed by atoms with Gasteiger partial charge >= 0.3 is 5.97 Å². The Kier molecular flexibility index (Phi) is 8.93. The molecule has 0 rings (SSSR count). The van der Waals surface area contributed by atoms with Crippen LogP contribution in [0.5, 0.6) is 0 Å². The van der Waals surface area contributed by atoms with Crippen molar-refractivity contribution in [2.75, 3.05) is 6.54 Å². The molecule has 0 aliphatic heterocycles. The van der Waals surface area contributed by atoms with Crippen molar-refractivity contribution in [2.45, 2.75) is 51.9 Å². The van der Waals surface area contributed by atoms with Crippen LogP contribution in [0.25, 0.3) is 0 Å². The average Bonchev–Trinajstić information content (AvgIpc) is 2.48. The van der Waals surface area contributed by atoms with Gasteiger partial charge in [0.2, 0.25) is 17.7 Å². The SMILES string of the molecule is CC(NC(=O)C(NC(=O)C(N)C(C)O)C(C)C)C(=O)NCC(=O)O. The number of aliphatic hydroxyl groups excluding tert-OH is 1. The van der Waals surface area contributed by atoms with Crippen molar-refractivity contribution in [3.63, 3.8) is 0 Å². The van der Waals surface area contributed by atoms with Crippen molar-refractivity contribution in [3.8, 4) is 0 Å². The van der Waals surface area contributed by atoms with E-state index in [-0.39, 0.29) is 5.92 Å². The Hall–Kier alpha value is -2.20. The minimum atomic E-state index is -1.21. The van der Waals surface area contributed by atoms with Crippen LogP contribution in [0, 0.1) is 5.92 Å². The molecule has 0 aliphatic rings. The fourth-order valence-corrected chi connectivity index (χ4v) is 1.69. The number of rotatable bonds is 9. The van der Waals surface area contributed by atoms with Gasteiger partial charge < -0.3 is 31.9 Å². The summed E-state index contributed by atoms with van der Waals surface area (Å²) in [7, 11) is 0. The number of carbonyl (C=O) groups is 4. The zero-order valence-corrected chi connectivity index (χ0v) is 14.2. The molecule has 0 spiro atoms. The number of hydrogen-bond acceptors (Lipinski definition) is 6. The molecule has 0 aliphatic carbocycles. The highest BCUT2D eigenvalue weighted by Gasteiger charge is 2.29. The van der Waals surface area contributed by atoms with Crippen LogP contribution < -0.4 is 21.7 Å². The first-order chi connectivity index (χ1) is 11.0. The molecular weight excluding hydrogens is 320 g/mol. The second kappa shape index (κ2) is 9.83. The Balaban J connectivity index is 4.78. The zero-order chi connectivity index (χ0) is 19.0. The molecule has 3 amide bonds. The van der Waals surface area contributed by atoms with Crippen LogP contribution in [0.1, 0.15) is 27.7 Å². The van der Waals surface area contributed by atoms with Gasteiger partial charge in [0.25, 0.3) is 0 Å². The van der Waals surface area contributed by atoms with Crippen molar-refractivity contribution in [1.82, 2.24) is 16.0 Å². The van der Waals surface area contributed by atoms with Gasteiger partial charge in [-0.2, -0.15) is 0 Å². The average molecular weight is 346 g/mol. The maximum absolute atomic E-state index is 12.2. The van der Waals surface area contributed by atoms with Gasteiger partial charge in [-0.25, -0.2) is 0 Å². The van der Waals surface area contributed by atoms with E-state index in [0.29, 0.717) is 0 Å². The molecule has 10 heteroatoms. The summed E-state index contributed by atoms with van der Waals surface area (Å²) in [5.74, 6) is -3.48. The van der Waals surface area contributed by atoms with Crippen molar-refractivity contribution >= 4 is 23.7 Å². The predicted molar refractivity (Wildman–Crippen MR) is 84.7 cm³/mol. The van der Waals surface area contributed by atoms with Gasteiger partial charge in [-0.3, -0.25) is 19.2 Å². The highest BCUT2D eigenvalue weighted by molar-refractivity contribution is 5.93. The summed E-state index contributed by atoms with van der Waals surface area (Å²) in [4.78, 5) is 46.2. The van der Waals surface area contributed by atoms with Crippen LogP contribution in [0.2, 0.25) is 0 Å². The first-order valence-electron chi connectivity index (χ1n) is 7.51. The van der Waals surface area contributed by atoms with Gasteiger partial charge in [0, 0.05) is 0 Å². The summed E-state index contributed by atoms with van der Waals surface area (Å²) in [5.41, 5.74) is 5.51. The maximum Gasteiger partial charge on any atom is 0.322 e. The molecule has 0 saturated heterocycles. The molecule has 4 unspecified atom stereocenters. The summed E-state index contributed by atoms with van der Waals surface area (Å²) in [6, 6.07) is -3.13. The summed E-state index contributed by atoms with van der Waals surface area (Å²) in [5, 5.41) is 24.8. The first kappa shape index (κ1) is 21.8. The number of amides is 3. The number of aliphatic hydroxyl groups is 1. The topological polar surface area (TPSA) is 171 Å². The lowest BCUT2D eigenvalue weighted by Gasteiger charge is -2.25. The van der Waals surface area contributed by atoms with Gasteiger partial charge in [-0.1, -0.05) is 13.8 Å². The summed E-state index contributed by atoms with van der Waals surface area (Å²) in [6.45, 7) is 5.55. The normalized spacial score (nSPS) is 15.8. The number of aliphatic carboxylic acids is 1. The highest BCUT2D eigenvalue weighted by Crippen LogP contribution is 2.04. The highest BCUT2D eigenvalue weighted by atomic mass is 16.4. The van der Waals surface area contributed by atoms with E-state index in [1.807, 2.05) is 0 Å². The fourth-order valence-electron chi connectivity index (χ4n) is 1.69. The second-order valence-electron chi connectivity index (χ2n) is 5.84. The minimum Gasteiger partial charge on any atom is -0.480 e. The van der Waals surface area contributed by atoms with Crippen molar-refractivity contribution in [3.05, 3.63) is 0 Å². The lowest BCUT2D eigenvalue weighted by atomic mass is 10.0. The zero-order valence-electron chi connectivity index (χ0n) is 14.2. The number of carbonyl (C=O) groups excluding carboxylic acids is 3. The van der Waals surface area contributed by atoms with Gasteiger partial charge in [-0.05, 0) is 19.8 Å². The predicted octanol–water partition coefficient (Wildman–Crippen LogP) is -2.46. The van der Waals surface area contributed by atoms with Crippen molar-refractivity contribution in [1.29, 1.82) is 0 Å².